The molecule has 0 aliphatic rings. The molecule has 0 bridgehead atoms. The van der Waals surface area contributed by atoms with Gasteiger partial charge in [0.25, 0.3) is 11.8 Å². The summed E-state index contributed by atoms with van der Waals surface area (Å²) in [7, 11) is 0. The van der Waals surface area contributed by atoms with Crippen molar-refractivity contribution in [3.8, 4) is 5.75 Å². The quantitative estimate of drug-likeness (QED) is 0.637. The van der Waals surface area contributed by atoms with Gasteiger partial charge in [0.2, 0.25) is 5.91 Å². The first-order valence-electron chi connectivity index (χ1n) is 7.04. The second kappa shape index (κ2) is 8.66. The van der Waals surface area contributed by atoms with Crippen molar-refractivity contribution in [3.63, 3.8) is 0 Å². The number of hydrogen-bond donors (Lipinski definition) is 3. The second-order valence-electron chi connectivity index (χ2n) is 4.73. The molecule has 0 radical (unpaired) electrons. The van der Waals surface area contributed by atoms with Crippen LogP contribution in [0.5, 0.6) is 5.75 Å². The predicted octanol–water partition coefficient (Wildman–Crippen LogP) is 0.195. The summed E-state index contributed by atoms with van der Waals surface area (Å²) in [6.45, 7) is 3.77. The number of benzene rings is 1. The highest BCUT2D eigenvalue weighted by molar-refractivity contribution is 5.95. The van der Waals surface area contributed by atoms with Gasteiger partial charge in [-0.25, -0.2) is 0 Å². The third kappa shape index (κ3) is 5.43. The summed E-state index contributed by atoms with van der Waals surface area (Å²) in [5.74, 6) is -1.12. The molecule has 22 heavy (non-hydrogen) atoms. The number of rotatable bonds is 8. The monoisotopic (exact) mass is 307 g/mol. The average molecular weight is 307 g/mol. The van der Waals surface area contributed by atoms with E-state index in [0.717, 1.165) is 6.42 Å². The number of para-hydroxylation sites is 1. The summed E-state index contributed by atoms with van der Waals surface area (Å²) in [5, 5.41) is 5.19. The minimum atomic E-state index is -0.658. The Morgan fingerprint density at radius 2 is 1.95 bits per heavy atom. The van der Waals surface area contributed by atoms with Crippen molar-refractivity contribution >= 4 is 17.7 Å². The first kappa shape index (κ1) is 17.5. The summed E-state index contributed by atoms with van der Waals surface area (Å²) < 4.78 is 5.28. The molecule has 1 atom stereocenters. The molecule has 0 saturated carbocycles. The smallest absolute Gasteiger partial charge is 0.258 e. The van der Waals surface area contributed by atoms with Gasteiger partial charge in [-0.1, -0.05) is 19.1 Å². The fourth-order valence-electron chi connectivity index (χ4n) is 1.69. The molecule has 4 N–H and O–H groups in total. The number of carbonyl (C=O) groups is 3. The van der Waals surface area contributed by atoms with E-state index in [-0.39, 0.29) is 23.8 Å². The fraction of sp³-hybridized carbons (Fsp3) is 0.400. The van der Waals surface area contributed by atoms with E-state index in [2.05, 4.69) is 10.6 Å². The average Bonchev–Trinajstić information content (AvgIpc) is 2.50. The van der Waals surface area contributed by atoms with Crippen molar-refractivity contribution in [2.45, 2.75) is 26.3 Å². The molecule has 7 nitrogen and oxygen atoms in total. The van der Waals surface area contributed by atoms with Gasteiger partial charge < -0.3 is 21.1 Å². The molecule has 0 aliphatic carbocycles. The molecular weight excluding hydrogens is 286 g/mol. The molecule has 7 heteroatoms. The van der Waals surface area contributed by atoms with Crippen LogP contribution >= 0.6 is 0 Å². The molecule has 0 unspecified atom stereocenters. The van der Waals surface area contributed by atoms with Crippen LogP contribution in [-0.2, 0) is 9.59 Å². The van der Waals surface area contributed by atoms with Crippen molar-refractivity contribution in [1.82, 2.24) is 10.6 Å². The summed E-state index contributed by atoms with van der Waals surface area (Å²) in [6.07, 6.45) is 0.819. The van der Waals surface area contributed by atoms with Crippen LogP contribution in [0.2, 0.25) is 0 Å². The van der Waals surface area contributed by atoms with E-state index >= 15 is 0 Å². The maximum absolute atomic E-state index is 11.8. The summed E-state index contributed by atoms with van der Waals surface area (Å²) in [4.78, 5) is 34.6. The lowest BCUT2D eigenvalue weighted by atomic mass is 10.2. The van der Waals surface area contributed by atoms with Gasteiger partial charge in [-0.2, -0.15) is 0 Å². The van der Waals surface area contributed by atoms with Crippen LogP contribution in [0.15, 0.2) is 24.3 Å². The summed E-state index contributed by atoms with van der Waals surface area (Å²) >= 11 is 0. The fourth-order valence-corrected chi connectivity index (χ4v) is 1.69. The Balaban J connectivity index is 2.50. The highest BCUT2D eigenvalue weighted by Crippen LogP contribution is 2.16. The largest absolute Gasteiger partial charge is 0.483 e. The number of primary amides is 1. The standard InChI is InChI=1S/C15H21N3O4/c1-3-8-17-15(21)10(2)18-13(19)9-22-12-7-5-4-6-11(12)14(16)20/h4-7,10H,3,8-9H2,1-2H3,(H2,16,20)(H,17,21)(H,18,19)/t10-/m0/s1. The molecular formula is C15H21N3O4. The molecule has 0 aliphatic heterocycles. The Morgan fingerprint density at radius 3 is 2.59 bits per heavy atom. The first-order valence-corrected chi connectivity index (χ1v) is 7.04. The maximum atomic E-state index is 11.8. The molecule has 0 saturated heterocycles. The molecule has 3 amide bonds. The molecule has 120 valence electrons. The van der Waals surface area contributed by atoms with Gasteiger partial charge in [0, 0.05) is 6.54 Å². The Morgan fingerprint density at radius 1 is 1.27 bits per heavy atom. The molecule has 0 spiro atoms. The SMILES string of the molecule is CCCNC(=O)[C@H](C)NC(=O)COc1ccccc1C(N)=O. The molecule has 1 rings (SSSR count). The molecule has 1 aromatic rings. The van der Waals surface area contributed by atoms with Crippen LogP contribution in [0.3, 0.4) is 0 Å². The molecule has 0 aromatic heterocycles. The number of amides is 3. The minimum absolute atomic E-state index is 0.198. The van der Waals surface area contributed by atoms with Gasteiger partial charge in [-0.15, -0.1) is 0 Å². The van der Waals surface area contributed by atoms with Gasteiger partial charge in [0.05, 0.1) is 5.56 Å². The molecule has 0 fully saturated rings. The number of nitrogens with two attached hydrogens (primary N) is 1. The Bertz CT molecular complexity index is 545. The number of hydrogen-bond acceptors (Lipinski definition) is 4. The van der Waals surface area contributed by atoms with Gasteiger partial charge in [-0.05, 0) is 25.5 Å². The van der Waals surface area contributed by atoms with Crippen LogP contribution in [0.4, 0.5) is 0 Å². The van der Waals surface area contributed by atoms with E-state index in [1.807, 2.05) is 6.92 Å². The number of nitrogens with one attached hydrogen (secondary N) is 2. The zero-order valence-electron chi connectivity index (χ0n) is 12.7. The normalized spacial score (nSPS) is 11.4. The van der Waals surface area contributed by atoms with E-state index in [1.54, 1.807) is 25.1 Å². The number of carbonyl (C=O) groups excluding carboxylic acids is 3. The highest BCUT2D eigenvalue weighted by Gasteiger charge is 2.16. The molecule has 0 heterocycles. The van der Waals surface area contributed by atoms with Crippen molar-refractivity contribution in [1.29, 1.82) is 0 Å². The highest BCUT2D eigenvalue weighted by atomic mass is 16.5. The third-order valence-electron chi connectivity index (χ3n) is 2.83. The van der Waals surface area contributed by atoms with Gasteiger partial charge in [0.1, 0.15) is 11.8 Å². The zero-order valence-corrected chi connectivity index (χ0v) is 12.7. The van der Waals surface area contributed by atoms with E-state index in [9.17, 15) is 14.4 Å². The van der Waals surface area contributed by atoms with Crippen LogP contribution < -0.4 is 21.1 Å². The zero-order chi connectivity index (χ0) is 16.5. The maximum Gasteiger partial charge on any atom is 0.258 e. The van der Waals surface area contributed by atoms with Crippen LogP contribution in [-0.4, -0.2) is 36.9 Å². The van der Waals surface area contributed by atoms with Gasteiger partial charge in [-0.3, -0.25) is 14.4 Å². The van der Waals surface area contributed by atoms with Crippen molar-refractivity contribution in [2.75, 3.05) is 13.2 Å². The summed E-state index contributed by atoms with van der Waals surface area (Å²) in [5.41, 5.74) is 5.41. The van der Waals surface area contributed by atoms with Gasteiger partial charge in [0.15, 0.2) is 6.61 Å². The lowest BCUT2D eigenvalue weighted by molar-refractivity contribution is -0.129. The Hall–Kier alpha value is -2.57. The van der Waals surface area contributed by atoms with E-state index < -0.39 is 17.9 Å². The van der Waals surface area contributed by atoms with E-state index in [0.29, 0.717) is 6.54 Å². The minimum Gasteiger partial charge on any atom is -0.483 e. The van der Waals surface area contributed by atoms with Crippen molar-refractivity contribution < 1.29 is 19.1 Å². The van der Waals surface area contributed by atoms with Gasteiger partial charge >= 0.3 is 0 Å². The van der Waals surface area contributed by atoms with E-state index in [4.69, 9.17) is 10.5 Å². The van der Waals surface area contributed by atoms with E-state index in [1.165, 1.54) is 6.07 Å². The first-order chi connectivity index (χ1) is 10.5. The van der Waals surface area contributed by atoms with Crippen LogP contribution in [0.1, 0.15) is 30.6 Å². The van der Waals surface area contributed by atoms with Crippen LogP contribution in [0, 0.1) is 0 Å². The third-order valence-corrected chi connectivity index (χ3v) is 2.83. The molecule has 1 aromatic carbocycles. The summed E-state index contributed by atoms with van der Waals surface area (Å²) in [6, 6.07) is 5.71. The lowest BCUT2D eigenvalue weighted by Gasteiger charge is -2.14. The Labute approximate surface area is 129 Å². The topological polar surface area (TPSA) is 111 Å². The van der Waals surface area contributed by atoms with Crippen LogP contribution in [0.25, 0.3) is 0 Å². The second-order valence-corrected chi connectivity index (χ2v) is 4.73. The number of ether oxygens (including phenoxy) is 1. The van der Waals surface area contributed by atoms with Crippen molar-refractivity contribution in [3.05, 3.63) is 29.8 Å². The Kier molecular flexibility index (Phi) is 6.88. The predicted molar refractivity (Wildman–Crippen MR) is 81.4 cm³/mol. The van der Waals surface area contributed by atoms with Crippen molar-refractivity contribution in [2.24, 2.45) is 5.73 Å². The lowest BCUT2D eigenvalue weighted by Crippen LogP contribution is -2.46.